The SMILES string of the molecule is O=C(NCC1CSCCS1)c1ccc(F)nc1. The number of carbonyl (C=O) groups excluding carboxylic acids is 1. The van der Waals surface area contributed by atoms with Crippen LogP contribution in [0.4, 0.5) is 4.39 Å². The number of halogens is 1. The molecule has 1 amide bonds. The minimum Gasteiger partial charge on any atom is -0.351 e. The third-order valence-corrected chi connectivity index (χ3v) is 5.21. The van der Waals surface area contributed by atoms with Crippen LogP contribution in [0, 0.1) is 5.95 Å². The van der Waals surface area contributed by atoms with Gasteiger partial charge < -0.3 is 5.32 Å². The van der Waals surface area contributed by atoms with Crippen LogP contribution in [-0.4, -0.2) is 39.9 Å². The second kappa shape index (κ2) is 6.26. The summed E-state index contributed by atoms with van der Waals surface area (Å²) in [6.45, 7) is 0.661. The first-order valence-electron chi connectivity index (χ1n) is 5.35. The molecule has 0 spiro atoms. The van der Waals surface area contributed by atoms with Gasteiger partial charge in [0.05, 0.1) is 5.56 Å². The molecule has 0 aromatic carbocycles. The van der Waals surface area contributed by atoms with Crippen LogP contribution in [0.2, 0.25) is 0 Å². The van der Waals surface area contributed by atoms with Crippen LogP contribution in [0.1, 0.15) is 10.4 Å². The Bertz CT molecular complexity index is 380. The third kappa shape index (κ3) is 3.89. The second-order valence-corrected chi connectivity index (χ2v) is 6.21. The van der Waals surface area contributed by atoms with Gasteiger partial charge in [0, 0.05) is 35.3 Å². The van der Waals surface area contributed by atoms with E-state index in [2.05, 4.69) is 10.3 Å². The van der Waals surface area contributed by atoms with Crippen LogP contribution < -0.4 is 5.32 Å². The molecular weight excluding hydrogens is 259 g/mol. The number of nitrogens with one attached hydrogen (secondary N) is 1. The van der Waals surface area contributed by atoms with E-state index in [1.165, 1.54) is 24.1 Å². The highest BCUT2D eigenvalue weighted by atomic mass is 32.2. The van der Waals surface area contributed by atoms with Gasteiger partial charge in [0.25, 0.3) is 5.91 Å². The summed E-state index contributed by atoms with van der Waals surface area (Å²) < 4.78 is 12.6. The number of hydrogen-bond donors (Lipinski definition) is 1. The highest BCUT2D eigenvalue weighted by molar-refractivity contribution is 8.06. The van der Waals surface area contributed by atoms with Crippen molar-refractivity contribution in [1.29, 1.82) is 0 Å². The summed E-state index contributed by atoms with van der Waals surface area (Å²) >= 11 is 3.81. The Morgan fingerprint density at radius 2 is 2.41 bits per heavy atom. The number of amides is 1. The van der Waals surface area contributed by atoms with Crippen molar-refractivity contribution in [1.82, 2.24) is 10.3 Å². The number of pyridine rings is 1. The standard InChI is InChI=1S/C11H13FN2OS2/c12-10-2-1-8(5-13-10)11(15)14-6-9-7-16-3-4-17-9/h1-2,5,9H,3-4,6-7H2,(H,14,15). The van der Waals surface area contributed by atoms with Gasteiger partial charge in [-0.25, -0.2) is 4.98 Å². The van der Waals surface area contributed by atoms with Crippen molar-refractivity contribution in [3.8, 4) is 0 Å². The van der Waals surface area contributed by atoms with E-state index in [1.807, 2.05) is 23.5 Å². The van der Waals surface area contributed by atoms with E-state index in [0.29, 0.717) is 17.4 Å². The number of rotatable bonds is 3. The molecule has 2 rings (SSSR count). The normalized spacial score (nSPS) is 19.9. The fraction of sp³-hybridized carbons (Fsp3) is 0.455. The molecule has 92 valence electrons. The van der Waals surface area contributed by atoms with Crippen LogP contribution in [0.5, 0.6) is 0 Å². The predicted molar refractivity (Wildman–Crippen MR) is 70.1 cm³/mol. The average molecular weight is 272 g/mol. The zero-order valence-electron chi connectivity index (χ0n) is 9.19. The van der Waals surface area contributed by atoms with Gasteiger partial charge in [-0.2, -0.15) is 27.9 Å². The molecule has 17 heavy (non-hydrogen) atoms. The number of aromatic nitrogens is 1. The Hall–Kier alpha value is -0.750. The number of thioether (sulfide) groups is 2. The summed E-state index contributed by atoms with van der Waals surface area (Å²) in [5, 5.41) is 3.33. The molecular formula is C11H13FN2OS2. The smallest absolute Gasteiger partial charge is 0.252 e. The Labute approximate surface area is 108 Å². The summed E-state index contributed by atoms with van der Waals surface area (Å²) in [5.74, 6) is 2.65. The van der Waals surface area contributed by atoms with Gasteiger partial charge in [0.1, 0.15) is 0 Å². The van der Waals surface area contributed by atoms with E-state index >= 15 is 0 Å². The molecule has 3 nitrogen and oxygen atoms in total. The maximum absolute atomic E-state index is 12.6. The van der Waals surface area contributed by atoms with Gasteiger partial charge in [-0.3, -0.25) is 4.79 Å². The monoisotopic (exact) mass is 272 g/mol. The molecule has 1 aliphatic rings. The molecule has 0 radical (unpaired) electrons. The molecule has 0 bridgehead atoms. The molecule has 1 atom stereocenters. The van der Waals surface area contributed by atoms with Crippen molar-refractivity contribution in [2.24, 2.45) is 0 Å². The highest BCUT2D eigenvalue weighted by Crippen LogP contribution is 2.23. The van der Waals surface area contributed by atoms with Gasteiger partial charge >= 0.3 is 0 Å². The molecule has 2 heterocycles. The fourth-order valence-corrected chi connectivity index (χ4v) is 4.08. The first-order chi connectivity index (χ1) is 8.25. The van der Waals surface area contributed by atoms with Crippen molar-refractivity contribution < 1.29 is 9.18 Å². The lowest BCUT2D eigenvalue weighted by atomic mass is 10.2. The van der Waals surface area contributed by atoms with Gasteiger partial charge in [0.15, 0.2) is 0 Å². The van der Waals surface area contributed by atoms with Crippen LogP contribution in [0.25, 0.3) is 0 Å². The van der Waals surface area contributed by atoms with E-state index in [-0.39, 0.29) is 5.91 Å². The topological polar surface area (TPSA) is 42.0 Å². The minimum absolute atomic E-state index is 0.186. The molecule has 1 aliphatic heterocycles. The van der Waals surface area contributed by atoms with Gasteiger partial charge in [-0.15, -0.1) is 0 Å². The van der Waals surface area contributed by atoms with E-state index in [4.69, 9.17) is 0 Å². The summed E-state index contributed by atoms with van der Waals surface area (Å²) in [6.07, 6.45) is 1.26. The molecule has 1 unspecified atom stereocenters. The lowest BCUT2D eigenvalue weighted by Crippen LogP contribution is -2.33. The largest absolute Gasteiger partial charge is 0.351 e. The quantitative estimate of drug-likeness (QED) is 0.852. The van der Waals surface area contributed by atoms with Crippen LogP contribution in [0.15, 0.2) is 18.3 Å². The summed E-state index contributed by atoms with van der Waals surface area (Å²) in [4.78, 5) is 15.2. The van der Waals surface area contributed by atoms with Crippen molar-refractivity contribution in [3.63, 3.8) is 0 Å². The lowest BCUT2D eigenvalue weighted by molar-refractivity contribution is 0.0954. The maximum atomic E-state index is 12.6. The van der Waals surface area contributed by atoms with E-state index in [0.717, 1.165) is 11.5 Å². The third-order valence-electron chi connectivity index (χ3n) is 2.36. The zero-order valence-corrected chi connectivity index (χ0v) is 10.8. The molecule has 1 N–H and O–H groups in total. The summed E-state index contributed by atoms with van der Waals surface area (Å²) in [5.41, 5.74) is 0.403. The highest BCUT2D eigenvalue weighted by Gasteiger charge is 2.15. The first kappa shape index (κ1) is 12.7. The van der Waals surface area contributed by atoms with Gasteiger partial charge in [-0.05, 0) is 12.1 Å². The number of carbonyl (C=O) groups is 1. The Morgan fingerprint density at radius 1 is 1.53 bits per heavy atom. The maximum Gasteiger partial charge on any atom is 0.252 e. The fourth-order valence-electron chi connectivity index (χ4n) is 1.47. The molecule has 1 saturated heterocycles. The molecule has 1 aromatic rings. The van der Waals surface area contributed by atoms with Crippen molar-refractivity contribution in [2.75, 3.05) is 23.8 Å². The van der Waals surface area contributed by atoms with Gasteiger partial charge in [0.2, 0.25) is 5.95 Å². The summed E-state index contributed by atoms with van der Waals surface area (Å²) in [6, 6.07) is 2.64. The van der Waals surface area contributed by atoms with Crippen LogP contribution in [0.3, 0.4) is 0 Å². The Morgan fingerprint density at radius 3 is 3.06 bits per heavy atom. The number of nitrogens with zero attached hydrogens (tertiary/aromatic N) is 1. The van der Waals surface area contributed by atoms with Crippen molar-refractivity contribution in [3.05, 3.63) is 29.8 Å². The molecule has 0 saturated carbocycles. The first-order valence-corrected chi connectivity index (χ1v) is 7.55. The molecule has 6 heteroatoms. The van der Waals surface area contributed by atoms with Crippen LogP contribution >= 0.6 is 23.5 Å². The second-order valence-electron chi connectivity index (χ2n) is 3.65. The zero-order chi connectivity index (χ0) is 12.1. The summed E-state index contributed by atoms with van der Waals surface area (Å²) in [7, 11) is 0. The van der Waals surface area contributed by atoms with Crippen molar-refractivity contribution >= 4 is 29.4 Å². The Kier molecular flexibility index (Phi) is 4.67. The van der Waals surface area contributed by atoms with E-state index < -0.39 is 5.95 Å². The molecule has 1 aromatic heterocycles. The van der Waals surface area contributed by atoms with Gasteiger partial charge in [-0.1, -0.05) is 0 Å². The number of hydrogen-bond acceptors (Lipinski definition) is 4. The Balaban J connectivity index is 1.82. The molecule has 1 fully saturated rings. The van der Waals surface area contributed by atoms with Crippen LogP contribution in [-0.2, 0) is 0 Å². The van der Waals surface area contributed by atoms with E-state index in [9.17, 15) is 9.18 Å². The molecule has 0 aliphatic carbocycles. The van der Waals surface area contributed by atoms with Crippen molar-refractivity contribution in [2.45, 2.75) is 5.25 Å². The average Bonchev–Trinajstić information content (AvgIpc) is 2.38. The van der Waals surface area contributed by atoms with E-state index in [1.54, 1.807) is 0 Å². The minimum atomic E-state index is -0.569. The predicted octanol–water partition coefficient (Wildman–Crippen LogP) is 1.80. The lowest BCUT2D eigenvalue weighted by Gasteiger charge is -2.21.